The number of halogens is 1. The SMILES string of the molecule is CCCCCCl.NN(C(=O)c1ccc([N+](=O)[O-])cc1)c1ccccc1. The van der Waals surface area contributed by atoms with Gasteiger partial charge < -0.3 is 0 Å². The Kier molecular flexibility index (Phi) is 9.21. The van der Waals surface area contributed by atoms with Gasteiger partial charge in [-0.1, -0.05) is 38.0 Å². The minimum Gasteiger partial charge on any atom is -0.267 e. The molecule has 0 aliphatic heterocycles. The summed E-state index contributed by atoms with van der Waals surface area (Å²) in [5, 5.41) is 11.5. The molecule has 0 unspecified atom stereocenters. The zero-order valence-corrected chi connectivity index (χ0v) is 14.9. The molecular formula is C18H22ClN3O3. The number of anilines is 1. The highest BCUT2D eigenvalue weighted by atomic mass is 35.5. The van der Waals surface area contributed by atoms with Gasteiger partial charge >= 0.3 is 0 Å². The van der Waals surface area contributed by atoms with Crippen molar-refractivity contribution in [1.82, 2.24) is 0 Å². The summed E-state index contributed by atoms with van der Waals surface area (Å²) in [7, 11) is 0. The number of rotatable bonds is 6. The second-order valence-electron chi connectivity index (χ2n) is 5.21. The van der Waals surface area contributed by atoms with E-state index in [4.69, 9.17) is 17.4 Å². The van der Waals surface area contributed by atoms with Crippen LogP contribution in [0.15, 0.2) is 54.6 Å². The van der Waals surface area contributed by atoms with Crippen molar-refractivity contribution in [3.8, 4) is 0 Å². The molecule has 0 aliphatic carbocycles. The number of amides is 1. The molecule has 134 valence electrons. The first-order valence-corrected chi connectivity index (χ1v) is 8.49. The van der Waals surface area contributed by atoms with E-state index in [1.165, 1.54) is 43.5 Å². The van der Waals surface area contributed by atoms with E-state index in [1.807, 2.05) is 6.07 Å². The Morgan fingerprint density at radius 1 is 1.12 bits per heavy atom. The molecular weight excluding hydrogens is 342 g/mol. The van der Waals surface area contributed by atoms with Crippen LogP contribution in [-0.4, -0.2) is 16.7 Å². The standard InChI is InChI=1S/C13H11N3O3.C5H11Cl/c14-15(11-4-2-1-3-5-11)13(17)10-6-8-12(9-7-10)16(18)19;1-2-3-4-5-6/h1-9H,14H2;2-5H2,1H3. The summed E-state index contributed by atoms with van der Waals surface area (Å²) in [6, 6.07) is 14.0. The van der Waals surface area contributed by atoms with Crippen LogP contribution in [-0.2, 0) is 0 Å². The van der Waals surface area contributed by atoms with Crippen LogP contribution in [0.1, 0.15) is 36.5 Å². The number of nitro benzene ring substituents is 1. The Balaban J connectivity index is 0.000000450. The van der Waals surface area contributed by atoms with E-state index in [-0.39, 0.29) is 11.3 Å². The Hall–Kier alpha value is -2.44. The van der Waals surface area contributed by atoms with Gasteiger partial charge in [-0.25, -0.2) is 10.9 Å². The number of alkyl halides is 1. The molecule has 0 bridgehead atoms. The van der Waals surface area contributed by atoms with Crippen molar-refractivity contribution in [2.24, 2.45) is 5.84 Å². The van der Waals surface area contributed by atoms with Crippen LogP contribution < -0.4 is 10.9 Å². The van der Waals surface area contributed by atoms with Crippen LogP contribution in [0, 0.1) is 10.1 Å². The highest BCUT2D eigenvalue weighted by Gasteiger charge is 2.15. The van der Waals surface area contributed by atoms with Crippen molar-refractivity contribution >= 4 is 28.9 Å². The normalized spacial score (nSPS) is 9.72. The molecule has 0 radical (unpaired) electrons. The number of unbranched alkanes of at least 4 members (excludes halogenated alkanes) is 2. The van der Waals surface area contributed by atoms with E-state index in [9.17, 15) is 14.9 Å². The molecule has 6 nitrogen and oxygen atoms in total. The summed E-state index contributed by atoms with van der Waals surface area (Å²) < 4.78 is 0. The molecule has 0 aliphatic rings. The molecule has 25 heavy (non-hydrogen) atoms. The quantitative estimate of drug-likeness (QED) is 0.204. The first-order chi connectivity index (χ1) is 12.0. The minimum atomic E-state index is -0.522. The van der Waals surface area contributed by atoms with Crippen LogP contribution in [0.3, 0.4) is 0 Å². The van der Waals surface area contributed by atoms with Gasteiger partial charge in [-0.05, 0) is 30.7 Å². The summed E-state index contributed by atoms with van der Waals surface area (Å²) >= 11 is 5.38. The summed E-state index contributed by atoms with van der Waals surface area (Å²) in [4.78, 5) is 22.1. The molecule has 0 saturated carbocycles. The number of nitro groups is 1. The first kappa shape index (κ1) is 20.6. The van der Waals surface area contributed by atoms with Gasteiger partial charge in [0.2, 0.25) is 0 Å². The van der Waals surface area contributed by atoms with Crippen LogP contribution in [0.4, 0.5) is 11.4 Å². The van der Waals surface area contributed by atoms with Crippen molar-refractivity contribution in [2.75, 3.05) is 10.9 Å². The number of para-hydroxylation sites is 1. The lowest BCUT2D eigenvalue weighted by molar-refractivity contribution is -0.384. The molecule has 0 atom stereocenters. The largest absolute Gasteiger partial charge is 0.272 e. The second-order valence-corrected chi connectivity index (χ2v) is 5.59. The van der Waals surface area contributed by atoms with Crippen molar-refractivity contribution in [1.29, 1.82) is 0 Å². The number of carbonyl (C=O) groups excluding carboxylic acids is 1. The highest BCUT2D eigenvalue weighted by Crippen LogP contribution is 2.16. The highest BCUT2D eigenvalue weighted by molar-refractivity contribution is 6.17. The number of nitrogens with two attached hydrogens (primary N) is 1. The number of hydrogen-bond acceptors (Lipinski definition) is 4. The average molecular weight is 364 g/mol. The Bertz CT molecular complexity index is 659. The third-order valence-electron chi connectivity index (χ3n) is 3.32. The maximum Gasteiger partial charge on any atom is 0.272 e. The number of hydrazine groups is 1. The summed E-state index contributed by atoms with van der Waals surface area (Å²) in [5.74, 6) is 6.12. The van der Waals surface area contributed by atoms with E-state index in [2.05, 4.69) is 6.92 Å². The van der Waals surface area contributed by atoms with E-state index in [0.29, 0.717) is 5.69 Å². The predicted octanol–water partition coefficient (Wildman–Crippen LogP) is 4.53. The van der Waals surface area contributed by atoms with Gasteiger partial charge in [0.1, 0.15) is 0 Å². The van der Waals surface area contributed by atoms with Crippen molar-refractivity contribution in [3.63, 3.8) is 0 Å². The van der Waals surface area contributed by atoms with Crippen molar-refractivity contribution < 1.29 is 9.72 Å². The van der Waals surface area contributed by atoms with Gasteiger partial charge in [0, 0.05) is 23.6 Å². The van der Waals surface area contributed by atoms with Gasteiger partial charge in [-0.15, -0.1) is 11.6 Å². The summed E-state index contributed by atoms with van der Waals surface area (Å²) in [6.07, 6.45) is 3.73. The molecule has 2 aromatic rings. The van der Waals surface area contributed by atoms with Crippen LogP contribution >= 0.6 is 11.6 Å². The molecule has 1 amide bonds. The predicted molar refractivity (Wildman–Crippen MR) is 101 cm³/mol. The molecule has 0 saturated heterocycles. The molecule has 7 heteroatoms. The summed E-state index contributed by atoms with van der Waals surface area (Å²) in [5.41, 5.74) is 0.766. The molecule has 0 fully saturated rings. The number of non-ortho nitro benzene ring substituents is 1. The van der Waals surface area contributed by atoms with E-state index >= 15 is 0 Å². The van der Waals surface area contributed by atoms with E-state index < -0.39 is 10.8 Å². The zero-order valence-electron chi connectivity index (χ0n) is 14.1. The van der Waals surface area contributed by atoms with E-state index in [1.54, 1.807) is 24.3 Å². The van der Waals surface area contributed by atoms with Gasteiger partial charge in [0.15, 0.2) is 0 Å². The van der Waals surface area contributed by atoms with Crippen LogP contribution in [0.25, 0.3) is 0 Å². The fourth-order valence-corrected chi connectivity index (χ4v) is 2.10. The topological polar surface area (TPSA) is 89.5 Å². The Morgan fingerprint density at radius 3 is 2.16 bits per heavy atom. The van der Waals surface area contributed by atoms with Gasteiger partial charge in [-0.2, -0.15) is 0 Å². The maximum atomic E-state index is 12.1. The van der Waals surface area contributed by atoms with Crippen LogP contribution in [0.2, 0.25) is 0 Å². The Labute approximate surface area is 152 Å². The van der Waals surface area contributed by atoms with E-state index in [0.717, 1.165) is 10.9 Å². The smallest absolute Gasteiger partial charge is 0.267 e. The Morgan fingerprint density at radius 2 is 1.72 bits per heavy atom. The zero-order chi connectivity index (χ0) is 18.7. The number of nitrogens with zero attached hydrogens (tertiary/aromatic N) is 2. The number of hydrogen-bond donors (Lipinski definition) is 1. The molecule has 0 spiro atoms. The average Bonchev–Trinajstić information content (AvgIpc) is 2.66. The van der Waals surface area contributed by atoms with Crippen LogP contribution in [0.5, 0.6) is 0 Å². The number of carbonyl (C=O) groups is 1. The number of benzene rings is 2. The minimum absolute atomic E-state index is 0.0696. The van der Waals surface area contributed by atoms with Gasteiger partial charge in [-0.3, -0.25) is 14.9 Å². The molecule has 2 rings (SSSR count). The van der Waals surface area contributed by atoms with Crippen molar-refractivity contribution in [3.05, 3.63) is 70.3 Å². The third kappa shape index (κ3) is 6.91. The van der Waals surface area contributed by atoms with Gasteiger partial charge in [0.05, 0.1) is 10.6 Å². The lowest BCUT2D eigenvalue weighted by Crippen LogP contribution is -2.37. The van der Waals surface area contributed by atoms with Crippen molar-refractivity contribution in [2.45, 2.75) is 26.2 Å². The summed E-state index contributed by atoms with van der Waals surface area (Å²) in [6.45, 7) is 2.17. The molecule has 2 aromatic carbocycles. The maximum absolute atomic E-state index is 12.1. The fourth-order valence-electron chi connectivity index (χ4n) is 1.92. The molecule has 0 heterocycles. The molecule has 2 N–H and O–H groups in total. The van der Waals surface area contributed by atoms with Gasteiger partial charge in [0.25, 0.3) is 11.6 Å². The molecule has 0 aromatic heterocycles. The fraction of sp³-hybridized carbons (Fsp3) is 0.278. The monoisotopic (exact) mass is 363 g/mol. The first-order valence-electron chi connectivity index (χ1n) is 7.95. The lowest BCUT2D eigenvalue weighted by atomic mass is 10.2. The lowest BCUT2D eigenvalue weighted by Gasteiger charge is -2.16. The second kappa shape index (κ2) is 11.2. The third-order valence-corrected chi connectivity index (χ3v) is 3.58.